The van der Waals surface area contributed by atoms with Crippen molar-refractivity contribution in [1.29, 1.82) is 0 Å². The maximum absolute atomic E-state index is 5.94. The van der Waals surface area contributed by atoms with Crippen molar-refractivity contribution in [2.75, 3.05) is 30.0 Å². The van der Waals surface area contributed by atoms with Gasteiger partial charge in [-0.3, -0.25) is 4.98 Å². The maximum atomic E-state index is 5.94. The van der Waals surface area contributed by atoms with E-state index in [0.29, 0.717) is 5.11 Å². The van der Waals surface area contributed by atoms with Gasteiger partial charge in [-0.25, -0.2) is 0 Å². The molecule has 1 N–H and O–H groups in total. The van der Waals surface area contributed by atoms with Crippen LogP contribution in [0.25, 0.3) is 5.69 Å². The number of aromatic nitrogens is 2. The molecule has 0 saturated carbocycles. The molecule has 0 bridgehead atoms. The molecule has 3 heterocycles. The molecule has 2 aromatic carbocycles. The Hall–Kier alpha value is -3.84. The zero-order chi connectivity index (χ0) is 26.8. The van der Waals surface area contributed by atoms with Crippen LogP contribution in [0.4, 0.5) is 11.4 Å². The number of methoxy groups -OCH3 is 1. The Morgan fingerprint density at radius 3 is 2.34 bits per heavy atom. The molecule has 6 nitrogen and oxygen atoms in total. The van der Waals surface area contributed by atoms with E-state index in [0.717, 1.165) is 35.9 Å². The van der Waals surface area contributed by atoms with Gasteiger partial charge in [-0.15, -0.1) is 0 Å². The van der Waals surface area contributed by atoms with Crippen molar-refractivity contribution in [3.05, 3.63) is 102 Å². The number of hydrogen-bond donors (Lipinski definition) is 1. The van der Waals surface area contributed by atoms with Crippen LogP contribution in [-0.4, -0.2) is 34.9 Å². The Bertz CT molecular complexity index is 1410. The second-order valence-corrected chi connectivity index (χ2v) is 9.91. The predicted octanol–water partition coefficient (Wildman–Crippen LogP) is 6.52. The van der Waals surface area contributed by atoms with Crippen molar-refractivity contribution in [2.24, 2.45) is 0 Å². The molecule has 0 unspecified atom stereocenters. The van der Waals surface area contributed by atoms with Crippen LogP contribution in [0.15, 0.2) is 79.0 Å². The summed E-state index contributed by atoms with van der Waals surface area (Å²) in [6, 6.07) is 25.0. The second kappa shape index (κ2) is 10.9. The summed E-state index contributed by atoms with van der Waals surface area (Å²) in [5.41, 5.74) is 7.82. The van der Waals surface area contributed by atoms with Crippen LogP contribution in [0, 0.1) is 13.8 Å². The van der Waals surface area contributed by atoms with Crippen molar-refractivity contribution in [1.82, 2.24) is 14.9 Å². The quantitative estimate of drug-likeness (QED) is 0.264. The van der Waals surface area contributed by atoms with Gasteiger partial charge in [-0.2, -0.15) is 0 Å². The summed E-state index contributed by atoms with van der Waals surface area (Å²) in [7, 11) is 1.70. The van der Waals surface area contributed by atoms with Crippen LogP contribution in [-0.2, 0) is 0 Å². The van der Waals surface area contributed by atoms with E-state index in [2.05, 4.69) is 89.8 Å². The molecule has 1 fully saturated rings. The Labute approximate surface area is 230 Å². The lowest BCUT2D eigenvalue weighted by Gasteiger charge is -2.29. The third-order valence-corrected chi connectivity index (χ3v) is 7.78. The van der Waals surface area contributed by atoms with Crippen LogP contribution in [0.5, 0.6) is 5.75 Å². The fourth-order valence-corrected chi connectivity index (χ4v) is 5.98. The average Bonchev–Trinajstić information content (AvgIpc) is 3.44. The minimum atomic E-state index is -0.118. The molecule has 0 aliphatic carbocycles. The third-order valence-electron chi connectivity index (χ3n) is 7.47. The largest absolute Gasteiger partial charge is 0.495 e. The number of para-hydroxylation sites is 2. The number of aryl methyl sites for hydroxylation is 1. The molecule has 0 amide bonds. The molecule has 2 atom stereocenters. The second-order valence-electron chi connectivity index (χ2n) is 9.52. The highest BCUT2D eigenvalue weighted by Gasteiger charge is 2.43. The van der Waals surface area contributed by atoms with Gasteiger partial charge in [-0.1, -0.05) is 18.2 Å². The first-order valence-corrected chi connectivity index (χ1v) is 13.6. The Morgan fingerprint density at radius 2 is 1.68 bits per heavy atom. The Kier molecular flexibility index (Phi) is 7.38. The van der Waals surface area contributed by atoms with Gasteiger partial charge in [0.2, 0.25) is 0 Å². The maximum Gasteiger partial charge on any atom is 0.174 e. The fraction of sp³-hybridized carbons (Fsp3) is 0.290. The van der Waals surface area contributed by atoms with Crippen LogP contribution in [0.3, 0.4) is 0 Å². The highest BCUT2D eigenvalue weighted by atomic mass is 32.1. The van der Waals surface area contributed by atoms with Crippen molar-refractivity contribution in [3.8, 4) is 11.4 Å². The minimum absolute atomic E-state index is 0.108. The number of thiocarbonyl (C=S) groups is 1. The van der Waals surface area contributed by atoms with E-state index < -0.39 is 0 Å². The molecule has 1 saturated heterocycles. The van der Waals surface area contributed by atoms with E-state index >= 15 is 0 Å². The lowest BCUT2D eigenvalue weighted by atomic mass is 9.96. The molecule has 1 aliphatic rings. The van der Waals surface area contributed by atoms with Gasteiger partial charge < -0.3 is 24.4 Å². The molecule has 5 rings (SSSR count). The molecule has 2 aromatic heterocycles. The van der Waals surface area contributed by atoms with E-state index in [1.165, 1.54) is 22.6 Å². The van der Waals surface area contributed by atoms with Gasteiger partial charge >= 0.3 is 0 Å². The molecular weight excluding hydrogens is 490 g/mol. The minimum Gasteiger partial charge on any atom is -0.495 e. The number of nitrogens with zero attached hydrogens (tertiary/aromatic N) is 4. The number of pyridine rings is 1. The van der Waals surface area contributed by atoms with Crippen molar-refractivity contribution in [2.45, 2.75) is 39.8 Å². The number of benzene rings is 2. The molecule has 1 aliphatic heterocycles. The lowest BCUT2D eigenvalue weighted by Crippen LogP contribution is -2.30. The zero-order valence-electron chi connectivity index (χ0n) is 22.7. The average molecular weight is 526 g/mol. The fourth-order valence-electron chi connectivity index (χ4n) is 5.64. The Morgan fingerprint density at radius 1 is 0.974 bits per heavy atom. The Balaban J connectivity index is 1.63. The summed E-state index contributed by atoms with van der Waals surface area (Å²) >= 11 is 5.94. The molecular formula is C31H35N5OS. The van der Waals surface area contributed by atoms with E-state index in [-0.39, 0.29) is 12.1 Å². The first-order chi connectivity index (χ1) is 18.5. The van der Waals surface area contributed by atoms with E-state index in [1.54, 1.807) is 7.11 Å². The smallest absolute Gasteiger partial charge is 0.174 e. The summed E-state index contributed by atoms with van der Waals surface area (Å²) in [6.07, 6.45) is 1.84. The van der Waals surface area contributed by atoms with Gasteiger partial charge in [0.15, 0.2) is 5.11 Å². The lowest BCUT2D eigenvalue weighted by molar-refractivity contribution is 0.414. The monoisotopic (exact) mass is 525 g/mol. The summed E-state index contributed by atoms with van der Waals surface area (Å²) in [6.45, 7) is 10.7. The van der Waals surface area contributed by atoms with E-state index in [4.69, 9.17) is 21.9 Å². The molecule has 0 radical (unpaired) electrons. The highest BCUT2D eigenvalue weighted by Crippen LogP contribution is 2.46. The van der Waals surface area contributed by atoms with Gasteiger partial charge in [-0.05, 0) is 100 Å². The van der Waals surface area contributed by atoms with Crippen LogP contribution in [0.2, 0.25) is 0 Å². The molecule has 4 aromatic rings. The molecule has 196 valence electrons. The molecule has 38 heavy (non-hydrogen) atoms. The number of anilines is 2. The summed E-state index contributed by atoms with van der Waals surface area (Å²) in [4.78, 5) is 9.25. The summed E-state index contributed by atoms with van der Waals surface area (Å²) in [5.74, 6) is 0.782. The number of rotatable bonds is 8. The van der Waals surface area contributed by atoms with Gasteiger partial charge in [0.05, 0.1) is 30.6 Å². The van der Waals surface area contributed by atoms with Crippen molar-refractivity contribution in [3.63, 3.8) is 0 Å². The highest BCUT2D eigenvalue weighted by molar-refractivity contribution is 7.80. The van der Waals surface area contributed by atoms with Crippen LogP contribution >= 0.6 is 12.2 Å². The zero-order valence-corrected chi connectivity index (χ0v) is 23.5. The van der Waals surface area contributed by atoms with Gasteiger partial charge in [0.25, 0.3) is 0 Å². The summed E-state index contributed by atoms with van der Waals surface area (Å²) in [5, 5.41) is 4.23. The van der Waals surface area contributed by atoms with Crippen LogP contribution < -0.4 is 19.9 Å². The van der Waals surface area contributed by atoms with Gasteiger partial charge in [0.1, 0.15) is 5.75 Å². The van der Waals surface area contributed by atoms with E-state index in [9.17, 15) is 0 Å². The third kappa shape index (κ3) is 4.52. The standard InChI is InChI=1S/C31H35N5OS/c1-6-34(7-2)23-15-17-24(18-16-23)35-21(3)20-25(22(35)4)30-29(26-12-10-11-19-32-26)33-31(38)36(30)27-13-8-9-14-28(27)37-5/h8-20,29-30H,6-7H2,1-5H3,(H,33,38)/t29-,30+/m1/s1. The normalized spacial score (nSPS) is 17.0. The molecule has 0 spiro atoms. The number of hydrogen-bond acceptors (Lipinski definition) is 4. The number of nitrogens with one attached hydrogen (secondary N) is 1. The topological polar surface area (TPSA) is 45.6 Å². The predicted molar refractivity (Wildman–Crippen MR) is 160 cm³/mol. The molecule has 7 heteroatoms. The van der Waals surface area contributed by atoms with Crippen molar-refractivity contribution < 1.29 is 4.74 Å². The van der Waals surface area contributed by atoms with E-state index in [1.807, 2.05) is 36.5 Å². The van der Waals surface area contributed by atoms with Gasteiger partial charge in [0, 0.05) is 42.0 Å². The summed E-state index contributed by atoms with van der Waals surface area (Å²) < 4.78 is 8.09. The number of ether oxygens (including phenoxy) is 1. The first kappa shape index (κ1) is 25.8. The van der Waals surface area contributed by atoms with Crippen molar-refractivity contribution >= 4 is 28.7 Å². The van der Waals surface area contributed by atoms with Crippen LogP contribution in [0.1, 0.15) is 48.6 Å². The SMILES string of the molecule is CCN(CC)c1ccc(-n2c(C)cc([C@H]3[C@@H](c4ccccn4)NC(=S)N3c3ccccc3OC)c2C)cc1. The first-order valence-electron chi connectivity index (χ1n) is 13.2.